The van der Waals surface area contributed by atoms with Gasteiger partial charge in [-0.15, -0.1) is 0 Å². The average molecular weight is 409 g/mol. The van der Waals surface area contributed by atoms with Crippen LogP contribution < -0.4 is 5.73 Å². The van der Waals surface area contributed by atoms with Gasteiger partial charge in [0.2, 0.25) is 0 Å². The van der Waals surface area contributed by atoms with Gasteiger partial charge in [0.25, 0.3) is 15.7 Å². The Morgan fingerprint density at radius 2 is 1.71 bits per heavy atom. The van der Waals surface area contributed by atoms with E-state index < -0.39 is 27.5 Å². The van der Waals surface area contributed by atoms with Gasteiger partial charge in [0.15, 0.2) is 0 Å². The van der Waals surface area contributed by atoms with E-state index in [0.29, 0.717) is 30.2 Å². The van der Waals surface area contributed by atoms with Crippen LogP contribution in [0.5, 0.6) is 0 Å². The molecule has 0 aliphatic heterocycles. The Morgan fingerprint density at radius 3 is 2.25 bits per heavy atom. The zero-order valence-corrected chi connectivity index (χ0v) is 15.8. The first-order valence-electron chi connectivity index (χ1n) is 8.47. The summed E-state index contributed by atoms with van der Waals surface area (Å²) in [6.45, 7) is 0. The summed E-state index contributed by atoms with van der Waals surface area (Å²) >= 11 is 0. The molecule has 28 heavy (non-hydrogen) atoms. The Morgan fingerprint density at radius 1 is 1.07 bits per heavy atom. The maximum absolute atomic E-state index is 14.2. The summed E-state index contributed by atoms with van der Waals surface area (Å²) < 4.78 is 70.8. The molecule has 1 atom stereocenters. The minimum absolute atomic E-state index is 0.205. The van der Waals surface area contributed by atoms with Crippen LogP contribution in [-0.4, -0.2) is 20.8 Å². The molecule has 0 heterocycles. The van der Waals surface area contributed by atoms with Crippen molar-refractivity contribution in [1.82, 2.24) is 0 Å². The van der Waals surface area contributed by atoms with Gasteiger partial charge in [0.1, 0.15) is 0 Å². The maximum atomic E-state index is 14.2. The van der Waals surface area contributed by atoms with E-state index in [-0.39, 0.29) is 11.6 Å². The van der Waals surface area contributed by atoms with Crippen molar-refractivity contribution in [3.05, 3.63) is 54.1 Å². The van der Waals surface area contributed by atoms with E-state index >= 15 is 0 Å². The third-order valence-electron chi connectivity index (χ3n) is 4.24. The summed E-state index contributed by atoms with van der Waals surface area (Å²) in [5, 5.41) is 0. The molecule has 2 N–H and O–H groups in total. The van der Waals surface area contributed by atoms with E-state index in [1.165, 1.54) is 12.1 Å². The van der Waals surface area contributed by atoms with Crippen LogP contribution in [0, 0.1) is 17.8 Å². The molecule has 1 aliphatic rings. The second-order valence-corrected chi connectivity index (χ2v) is 8.25. The van der Waals surface area contributed by atoms with E-state index in [2.05, 4.69) is 16.0 Å². The quantitative estimate of drug-likeness (QED) is 0.469. The second-order valence-electron chi connectivity index (χ2n) is 6.68. The van der Waals surface area contributed by atoms with Gasteiger partial charge in [-0.05, 0) is 36.1 Å². The van der Waals surface area contributed by atoms with E-state index in [9.17, 15) is 21.6 Å². The molecule has 0 radical (unpaired) electrons. The van der Waals surface area contributed by atoms with Crippen molar-refractivity contribution in [3.8, 4) is 23.0 Å². The molecule has 0 amide bonds. The van der Waals surface area contributed by atoms with Gasteiger partial charge >= 0.3 is 6.18 Å². The molecule has 1 saturated carbocycles. The lowest BCUT2D eigenvalue weighted by atomic mass is 9.89. The summed E-state index contributed by atoms with van der Waals surface area (Å²) in [5.74, 6) is 4.36. The van der Waals surface area contributed by atoms with Crippen molar-refractivity contribution < 1.29 is 25.8 Å². The van der Waals surface area contributed by atoms with Crippen molar-refractivity contribution >= 4 is 15.8 Å². The minimum atomic E-state index is -5.14. The Hall–Kier alpha value is -2.50. The Labute approximate surface area is 161 Å². The van der Waals surface area contributed by atoms with Crippen LogP contribution in [0.2, 0.25) is 0 Å². The predicted molar refractivity (Wildman–Crippen MR) is 100 cm³/mol. The lowest BCUT2D eigenvalue weighted by Gasteiger charge is -2.31. The van der Waals surface area contributed by atoms with Crippen molar-refractivity contribution in [2.24, 2.45) is 5.92 Å². The third-order valence-corrected chi connectivity index (χ3v) is 4.80. The molecule has 0 aromatic heterocycles. The molecule has 0 spiro atoms. The number of hydrogen-bond donors (Lipinski definition) is 1. The van der Waals surface area contributed by atoms with E-state index in [1.54, 1.807) is 36.4 Å². The summed E-state index contributed by atoms with van der Waals surface area (Å²) in [6.07, 6.45) is -3.25. The highest BCUT2D eigenvalue weighted by atomic mass is 32.2. The van der Waals surface area contributed by atoms with Gasteiger partial charge in [-0.2, -0.15) is 21.6 Å². The lowest BCUT2D eigenvalue weighted by molar-refractivity contribution is -0.228. The Bertz CT molecular complexity index is 1040. The van der Waals surface area contributed by atoms with Crippen molar-refractivity contribution in [1.29, 1.82) is 0 Å². The topological polar surface area (TPSA) is 69.4 Å². The van der Waals surface area contributed by atoms with Gasteiger partial charge in [-0.1, -0.05) is 48.2 Å². The van der Waals surface area contributed by atoms with E-state index in [0.717, 1.165) is 0 Å². The lowest BCUT2D eigenvalue weighted by Crippen LogP contribution is -2.45. The molecule has 148 valence electrons. The van der Waals surface area contributed by atoms with E-state index in [1.807, 2.05) is 0 Å². The van der Waals surface area contributed by atoms with Gasteiger partial charge in [0.05, 0.1) is 6.26 Å². The number of hydrogen-bond acceptors (Lipinski definition) is 4. The van der Waals surface area contributed by atoms with Crippen LogP contribution in [0.3, 0.4) is 0 Å². The minimum Gasteiger partial charge on any atom is -0.398 e. The Balaban J connectivity index is 2.26. The van der Waals surface area contributed by atoms with Gasteiger partial charge in [-0.25, -0.2) is 4.18 Å². The maximum Gasteiger partial charge on any atom is 0.434 e. The molecule has 2 aromatic carbocycles. The number of nitrogens with two attached hydrogens (primary N) is 1. The summed E-state index contributed by atoms with van der Waals surface area (Å²) in [4.78, 5) is 0. The largest absolute Gasteiger partial charge is 0.434 e. The van der Waals surface area contributed by atoms with Gasteiger partial charge < -0.3 is 5.73 Å². The van der Waals surface area contributed by atoms with Crippen LogP contribution >= 0.6 is 0 Å². The van der Waals surface area contributed by atoms with Crippen molar-refractivity contribution in [3.63, 3.8) is 0 Å². The molecular weight excluding hydrogens is 391 g/mol. The number of alkyl halides is 3. The van der Waals surface area contributed by atoms with Crippen LogP contribution in [0.25, 0.3) is 11.1 Å². The third kappa shape index (κ3) is 4.32. The molecule has 0 saturated heterocycles. The normalized spacial score (nSPS) is 16.7. The fraction of sp³-hybridized carbons (Fsp3) is 0.300. The SMILES string of the molecule is CS(=O)(=O)O[C@](C#CC1CC1)(c1cc(-c2ccccc2)ccc1N)C(F)(F)F. The molecule has 8 heteroatoms. The smallest absolute Gasteiger partial charge is 0.398 e. The molecular formula is C20H18F3NO3S. The molecule has 0 unspecified atom stereocenters. The van der Waals surface area contributed by atoms with Crippen LogP contribution in [-0.2, 0) is 19.9 Å². The van der Waals surface area contributed by atoms with E-state index in [4.69, 9.17) is 5.73 Å². The molecule has 1 fully saturated rings. The number of nitrogen functional groups attached to an aromatic ring is 1. The number of rotatable bonds is 4. The fourth-order valence-corrected chi connectivity index (χ4v) is 3.41. The molecule has 2 aromatic rings. The second kappa shape index (κ2) is 7.15. The highest BCUT2D eigenvalue weighted by Crippen LogP contribution is 2.46. The first-order valence-corrected chi connectivity index (χ1v) is 10.3. The highest BCUT2D eigenvalue weighted by molar-refractivity contribution is 7.86. The monoisotopic (exact) mass is 409 g/mol. The standard InChI is InChI=1S/C20H18F3NO3S/c1-28(25,26)27-19(20(21,22)23,12-11-14-7-8-14)17-13-16(9-10-18(17)24)15-5-3-2-4-6-15/h2-6,9-10,13-14H,7-8,24H2,1H3/t19-/m1/s1. The summed E-state index contributed by atoms with van der Waals surface area (Å²) in [7, 11) is -4.51. The summed E-state index contributed by atoms with van der Waals surface area (Å²) in [5.41, 5.74) is 2.75. The number of halogens is 3. The van der Waals surface area contributed by atoms with Gasteiger partial charge in [-0.3, -0.25) is 0 Å². The zero-order chi connectivity index (χ0) is 20.6. The number of benzene rings is 2. The van der Waals surface area contributed by atoms with Crippen LogP contribution in [0.15, 0.2) is 48.5 Å². The molecule has 4 nitrogen and oxygen atoms in total. The molecule has 0 bridgehead atoms. The first kappa shape index (κ1) is 20.2. The van der Waals surface area contributed by atoms with Crippen molar-refractivity contribution in [2.45, 2.75) is 24.6 Å². The molecule has 3 rings (SSSR count). The first-order chi connectivity index (χ1) is 13.0. The van der Waals surface area contributed by atoms with Crippen LogP contribution in [0.1, 0.15) is 18.4 Å². The average Bonchev–Trinajstić information content (AvgIpc) is 3.42. The number of anilines is 1. The highest BCUT2D eigenvalue weighted by Gasteiger charge is 2.60. The summed E-state index contributed by atoms with van der Waals surface area (Å²) in [6, 6.07) is 12.7. The fourth-order valence-electron chi connectivity index (χ4n) is 2.73. The zero-order valence-electron chi connectivity index (χ0n) is 15.0. The van der Waals surface area contributed by atoms with Gasteiger partial charge in [0, 0.05) is 17.2 Å². The van der Waals surface area contributed by atoms with Crippen molar-refractivity contribution in [2.75, 3.05) is 12.0 Å². The Kier molecular flexibility index (Phi) is 5.17. The predicted octanol–water partition coefficient (Wildman–Crippen LogP) is 4.08. The molecule has 1 aliphatic carbocycles. The van der Waals surface area contributed by atoms with Crippen LogP contribution in [0.4, 0.5) is 18.9 Å².